The third-order valence-corrected chi connectivity index (χ3v) is 11.0. The molecule has 0 unspecified atom stereocenters. The first kappa shape index (κ1) is 17.8. The van der Waals surface area contributed by atoms with Crippen LogP contribution in [0.2, 0.25) is 0 Å². The van der Waals surface area contributed by atoms with E-state index in [1.165, 1.54) is 55.8 Å². The van der Waals surface area contributed by atoms with Crippen LogP contribution in [0.5, 0.6) is 5.75 Å². The summed E-state index contributed by atoms with van der Waals surface area (Å²) in [6, 6.07) is 6.46. The van der Waals surface area contributed by atoms with Gasteiger partial charge in [0.05, 0.1) is 0 Å². The molecular weight excluding hydrogens is 287 g/mol. The van der Waals surface area contributed by atoms with Crippen molar-refractivity contribution in [2.75, 3.05) is 31.3 Å². The second-order valence-electron chi connectivity index (χ2n) is 7.34. The van der Waals surface area contributed by atoms with Crippen molar-refractivity contribution in [3.8, 4) is 5.75 Å². The number of aryl methyl sites for hydroxylation is 2. The molecule has 0 atom stereocenters. The van der Waals surface area contributed by atoms with Crippen LogP contribution >= 0.6 is 7.26 Å². The molecule has 1 saturated heterocycles. The van der Waals surface area contributed by atoms with Gasteiger partial charge in [0, 0.05) is 0 Å². The predicted molar refractivity (Wildman–Crippen MR) is 103 cm³/mol. The fourth-order valence-electron chi connectivity index (χ4n) is 4.05. The summed E-state index contributed by atoms with van der Waals surface area (Å²) < 4.78 is 6.25. The molecule has 126 valence electrons. The zero-order valence-corrected chi connectivity index (χ0v) is 15.9. The Kier molecular flexibility index (Phi) is 7.22. The predicted octanol–water partition coefficient (Wildman–Crippen LogP) is 5.81. The van der Waals surface area contributed by atoms with E-state index < -0.39 is 7.26 Å². The maximum absolute atomic E-state index is 6.25. The molecule has 0 saturated carbocycles. The molecule has 1 nitrogen and oxygen atoms in total. The quantitative estimate of drug-likeness (QED) is 0.576. The van der Waals surface area contributed by atoms with Crippen molar-refractivity contribution in [1.29, 1.82) is 0 Å². The molecule has 0 spiro atoms. The molecule has 2 rings (SSSR count). The van der Waals surface area contributed by atoms with Gasteiger partial charge in [-0.3, -0.25) is 0 Å². The average molecular weight is 322 g/mol. The first-order valence-corrected chi connectivity index (χ1v) is 12.2. The van der Waals surface area contributed by atoms with Crippen LogP contribution in [0.25, 0.3) is 0 Å². The van der Waals surface area contributed by atoms with Gasteiger partial charge in [0.15, 0.2) is 0 Å². The van der Waals surface area contributed by atoms with Crippen molar-refractivity contribution in [1.82, 2.24) is 0 Å². The molecule has 1 aliphatic rings. The van der Waals surface area contributed by atoms with Gasteiger partial charge in [-0.15, -0.1) is 0 Å². The Hall–Kier alpha value is -0.550. The molecule has 1 heterocycles. The number of para-hydroxylation sites is 1. The van der Waals surface area contributed by atoms with Gasteiger partial charge >= 0.3 is 138 Å². The van der Waals surface area contributed by atoms with Crippen molar-refractivity contribution < 1.29 is 4.74 Å². The summed E-state index contributed by atoms with van der Waals surface area (Å²) in [5.41, 5.74) is 2.57. The van der Waals surface area contributed by atoms with Crippen LogP contribution in [0.1, 0.15) is 56.6 Å². The summed E-state index contributed by atoms with van der Waals surface area (Å²) in [5.74, 6) is 1.13. The number of rotatable bonds is 7. The van der Waals surface area contributed by atoms with E-state index in [1.807, 2.05) is 0 Å². The first-order valence-electron chi connectivity index (χ1n) is 9.36. The second-order valence-corrected chi connectivity index (χ2v) is 12.3. The van der Waals surface area contributed by atoms with E-state index in [9.17, 15) is 0 Å². The third kappa shape index (κ3) is 4.98. The van der Waals surface area contributed by atoms with E-state index in [-0.39, 0.29) is 0 Å². The molecule has 0 aliphatic carbocycles. The van der Waals surface area contributed by atoms with Crippen molar-refractivity contribution in [2.45, 2.75) is 59.3 Å². The van der Waals surface area contributed by atoms with E-state index in [2.05, 4.69) is 39.0 Å². The van der Waals surface area contributed by atoms with E-state index in [0.717, 1.165) is 12.4 Å². The number of hydrogen-bond acceptors (Lipinski definition) is 1. The Labute approximate surface area is 138 Å². The molecule has 0 radical (unpaired) electrons. The molecule has 1 aromatic rings. The first-order chi connectivity index (χ1) is 10.7. The average Bonchev–Trinajstić information content (AvgIpc) is 2.74. The second kappa shape index (κ2) is 8.92. The minimum absolute atomic E-state index is 0.946. The topological polar surface area (TPSA) is 9.23 Å². The number of ether oxygens (including phenoxy) is 1. The van der Waals surface area contributed by atoms with Crippen molar-refractivity contribution in [3.63, 3.8) is 0 Å². The van der Waals surface area contributed by atoms with Gasteiger partial charge in [-0.25, -0.2) is 0 Å². The summed E-state index contributed by atoms with van der Waals surface area (Å²) in [6.45, 7) is 7.62. The van der Waals surface area contributed by atoms with Gasteiger partial charge in [0.25, 0.3) is 0 Å². The molecule has 0 bridgehead atoms. The van der Waals surface area contributed by atoms with Crippen molar-refractivity contribution in [2.24, 2.45) is 0 Å². The summed E-state index contributed by atoms with van der Waals surface area (Å²) in [4.78, 5) is 0. The van der Waals surface area contributed by atoms with Gasteiger partial charge in [0.1, 0.15) is 0 Å². The summed E-state index contributed by atoms with van der Waals surface area (Å²) in [5, 5.41) is 0. The monoisotopic (exact) mass is 322 g/mol. The van der Waals surface area contributed by atoms with E-state index in [4.69, 9.17) is 4.74 Å². The zero-order valence-electron chi connectivity index (χ0n) is 14.9. The van der Waals surface area contributed by atoms with Gasteiger partial charge in [0.2, 0.25) is 0 Å². The number of benzene rings is 1. The molecule has 0 N–H and O–H groups in total. The fourth-order valence-corrected chi connectivity index (χ4v) is 9.19. The SMILES string of the molecule is CCCC[PH]1(CCOc2c(C)cccc2C)CCCCCC1. The fraction of sp³-hybridized carbons (Fsp3) is 0.700. The van der Waals surface area contributed by atoms with Crippen LogP contribution in [0.15, 0.2) is 18.2 Å². The Morgan fingerprint density at radius 1 is 0.955 bits per heavy atom. The standard InChI is InChI=1S/C20H35OP/c1-4-5-14-22(15-8-6-7-9-16-22)17-13-21-20-18(2)11-10-12-19(20)3/h10-12,22H,4-9,13-17H2,1-3H3. The number of hydrogen-bond donors (Lipinski definition) is 0. The van der Waals surface area contributed by atoms with Crippen LogP contribution in [0.3, 0.4) is 0 Å². The maximum atomic E-state index is 6.25. The third-order valence-electron chi connectivity index (χ3n) is 5.51. The van der Waals surface area contributed by atoms with Gasteiger partial charge in [-0.2, -0.15) is 0 Å². The van der Waals surface area contributed by atoms with E-state index in [0.29, 0.717) is 0 Å². The van der Waals surface area contributed by atoms with Crippen LogP contribution in [-0.4, -0.2) is 31.3 Å². The Morgan fingerprint density at radius 3 is 2.18 bits per heavy atom. The number of unbranched alkanes of at least 4 members (excludes halogenated alkanes) is 1. The Bertz CT molecular complexity index is 427. The van der Waals surface area contributed by atoms with Crippen molar-refractivity contribution in [3.05, 3.63) is 29.3 Å². The van der Waals surface area contributed by atoms with E-state index >= 15 is 0 Å². The van der Waals surface area contributed by atoms with Crippen LogP contribution in [-0.2, 0) is 0 Å². The Morgan fingerprint density at radius 2 is 1.59 bits per heavy atom. The van der Waals surface area contributed by atoms with Crippen molar-refractivity contribution >= 4 is 7.26 Å². The molecule has 0 amide bonds. The molecule has 1 fully saturated rings. The summed E-state index contributed by atoms with van der Waals surface area (Å²) in [7, 11) is -1.07. The molecule has 2 heteroatoms. The molecular formula is C20H35OP. The van der Waals surface area contributed by atoms with Gasteiger partial charge in [-0.05, 0) is 0 Å². The molecule has 1 aromatic carbocycles. The van der Waals surface area contributed by atoms with Crippen LogP contribution < -0.4 is 4.74 Å². The van der Waals surface area contributed by atoms with Crippen LogP contribution in [0, 0.1) is 13.8 Å². The molecule has 1 aliphatic heterocycles. The van der Waals surface area contributed by atoms with E-state index in [1.54, 1.807) is 18.5 Å². The van der Waals surface area contributed by atoms with Gasteiger partial charge in [-0.1, -0.05) is 0 Å². The molecule has 22 heavy (non-hydrogen) atoms. The zero-order chi connectivity index (χ0) is 15.8. The normalized spacial score (nSPS) is 19.4. The summed E-state index contributed by atoms with van der Waals surface area (Å²) in [6.07, 6.45) is 14.7. The van der Waals surface area contributed by atoms with Crippen LogP contribution in [0.4, 0.5) is 0 Å². The molecule has 0 aromatic heterocycles. The Balaban J connectivity index is 1.95. The van der Waals surface area contributed by atoms with Gasteiger partial charge < -0.3 is 0 Å². The minimum atomic E-state index is -1.07. The summed E-state index contributed by atoms with van der Waals surface area (Å²) >= 11 is 0.